The molecular formula is C15H17Br2N. The Morgan fingerprint density at radius 1 is 0.889 bits per heavy atom. The standard InChI is InChI=1S/C15H16BrN.BrH/c16-15(14-9-5-2-6-10-14)12-17-11-13-7-3-1-4-8-13;/h1-10,15,17H,11-12H2;1H. The molecule has 0 amide bonds. The van der Waals surface area contributed by atoms with Gasteiger partial charge in [0.15, 0.2) is 0 Å². The van der Waals surface area contributed by atoms with Gasteiger partial charge in [-0.15, -0.1) is 17.0 Å². The van der Waals surface area contributed by atoms with Gasteiger partial charge in [-0.2, -0.15) is 0 Å². The van der Waals surface area contributed by atoms with Crippen LogP contribution >= 0.6 is 32.9 Å². The fourth-order valence-electron chi connectivity index (χ4n) is 1.72. The maximum Gasteiger partial charge on any atom is 0.0519 e. The molecule has 1 nitrogen and oxygen atoms in total. The number of halogens is 2. The van der Waals surface area contributed by atoms with Crippen molar-refractivity contribution in [1.82, 2.24) is 5.32 Å². The van der Waals surface area contributed by atoms with Crippen molar-refractivity contribution in [3.8, 4) is 0 Å². The van der Waals surface area contributed by atoms with Crippen molar-refractivity contribution in [3.05, 3.63) is 71.8 Å². The summed E-state index contributed by atoms with van der Waals surface area (Å²) in [5.74, 6) is 0. The highest BCUT2D eigenvalue weighted by Gasteiger charge is 2.05. The molecule has 0 saturated carbocycles. The van der Waals surface area contributed by atoms with Gasteiger partial charge >= 0.3 is 0 Å². The quantitative estimate of drug-likeness (QED) is 0.764. The molecule has 0 bridgehead atoms. The van der Waals surface area contributed by atoms with Gasteiger partial charge in [-0.25, -0.2) is 0 Å². The predicted molar refractivity (Wildman–Crippen MR) is 86.6 cm³/mol. The summed E-state index contributed by atoms with van der Waals surface area (Å²) in [5.41, 5.74) is 2.63. The summed E-state index contributed by atoms with van der Waals surface area (Å²) in [6.07, 6.45) is 0. The first-order valence-corrected chi connectivity index (χ1v) is 6.71. The molecular weight excluding hydrogens is 354 g/mol. The van der Waals surface area contributed by atoms with Crippen LogP contribution in [0.4, 0.5) is 0 Å². The Bertz CT molecular complexity index is 431. The average Bonchev–Trinajstić information content (AvgIpc) is 2.41. The Hall–Kier alpha value is -0.640. The van der Waals surface area contributed by atoms with Crippen molar-refractivity contribution in [2.45, 2.75) is 11.4 Å². The van der Waals surface area contributed by atoms with E-state index >= 15 is 0 Å². The predicted octanol–water partition coefficient (Wildman–Crippen LogP) is 4.49. The van der Waals surface area contributed by atoms with Crippen LogP contribution in [-0.2, 0) is 6.54 Å². The van der Waals surface area contributed by atoms with Gasteiger partial charge in [0.05, 0.1) is 4.83 Å². The highest BCUT2D eigenvalue weighted by Crippen LogP contribution is 2.21. The summed E-state index contributed by atoms with van der Waals surface area (Å²) < 4.78 is 0. The highest BCUT2D eigenvalue weighted by atomic mass is 79.9. The number of hydrogen-bond acceptors (Lipinski definition) is 1. The molecule has 1 atom stereocenters. The minimum absolute atomic E-state index is 0. The van der Waals surface area contributed by atoms with E-state index in [4.69, 9.17) is 0 Å². The molecule has 0 aromatic heterocycles. The van der Waals surface area contributed by atoms with E-state index in [9.17, 15) is 0 Å². The van der Waals surface area contributed by atoms with Crippen molar-refractivity contribution in [2.24, 2.45) is 0 Å². The smallest absolute Gasteiger partial charge is 0.0519 e. The van der Waals surface area contributed by atoms with E-state index in [1.54, 1.807) is 0 Å². The van der Waals surface area contributed by atoms with Crippen LogP contribution in [0.5, 0.6) is 0 Å². The number of hydrogen-bond donors (Lipinski definition) is 1. The van der Waals surface area contributed by atoms with Gasteiger partial charge in [0.1, 0.15) is 0 Å². The minimum atomic E-state index is 0. The Morgan fingerprint density at radius 2 is 1.44 bits per heavy atom. The topological polar surface area (TPSA) is 12.0 Å². The minimum Gasteiger partial charge on any atom is -0.311 e. The summed E-state index contributed by atoms with van der Waals surface area (Å²) in [4.78, 5) is 0.368. The van der Waals surface area contributed by atoms with Crippen LogP contribution in [0.3, 0.4) is 0 Å². The monoisotopic (exact) mass is 369 g/mol. The second-order valence-corrected chi connectivity index (χ2v) is 5.10. The molecule has 2 aromatic rings. The van der Waals surface area contributed by atoms with E-state index in [2.05, 4.69) is 69.8 Å². The van der Waals surface area contributed by atoms with Gasteiger partial charge < -0.3 is 5.32 Å². The van der Waals surface area contributed by atoms with Crippen LogP contribution in [0, 0.1) is 0 Å². The molecule has 96 valence electrons. The zero-order valence-electron chi connectivity index (χ0n) is 10.1. The van der Waals surface area contributed by atoms with Gasteiger partial charge in [0.25, 0.3) is 0 Å². The second-order valence-electron chi connectivity index (χ2n) is 3.99. The van der Waals surface area contributed by atoms with Gasteiger partial charge in [-0.3, -0.25) is 0 Å². The van der Waals surface area contributed by atoms with Crippen LogP contribution in [0.2, 0.25) is 0 Å². The first-order valence-electron chi connectivity index (χ1n) is 5.80. The summed E-state index contributed by atoms with van der Waals surface area (Å²) in [6, 6.07) is 20.9. The van der Waals surface area contributed by atoms with Gasteiger partial charge in [0, 0.05) is 13.1 Å². The molecule has 3 heteroatoms. The van der Waals surface area contributed by atoms with Crippen LogP contribution in [0.25, 0.3) is 0 Å². The SMILES string of the molecule is Br.BrC(CNCc1ccccc1)c1ccccc1. The van der Waals surface area contributed by atoms with Crippen LogP contribution in [-0.4, -0.2) is 6.54 Å². The number of alkyl halides is 1. The maximum absolute atomic E-state index is 3.70. The van der Waals surface area contributed by atoms with Crippen molar-refractivity contribution < 1.29 is 0 Å². The van der Waals surface area contributed by atoms with Crippen molar-refractivity contribution in [3.63, 3.8) is 0 Å². The van der Waals surface area contributed by atoms with E-state index in [0.717, 1.165) is 13.1 Å². The lowest BCUT2D eigenvalue weighted by molar-refractivity contribution is 0.684. The Labute approximate surface area is 128 Å². The van der Waals surface area contributed by atoms with E-state index in [-0.39, 0.29) is 17.0 Å². The zero-order valence-corrected chi connectivity index (χ0v) is 13.4. The number of benzene rings is 2. The van der Waals surface area contributed by atoms with Crippen LogP contribution in [0.15, 0.2) is 60.7 Å². The molecule has 0 saturated heterocycles. The first-order chi connectivity index (χ1) is 8.36. The molecule has 0 spiro atoms. The van der Waals surface area contributed by atoms with E-state index in [1.807, 2.05) is 12.1 Å². The third kappa shape index (κ3) is 4.92. The van der Waals surface area contributed by atoms with E-state index in [1.165, 1.54) is 11.1 Å². The fourth-order valence-corrected chi connectivity index (χ4v) is 2.25. The number of nitrogens with one attached hydrogen (secondary N) is 1. The van der Waals surface area contributed by atoms with Crippen LogP contribution in [0.1, 0.15) is 16.0 Å². The van der Waals surface area contributed by atoms with E-state index in [0.29, 0.717) is 4.83 Å². The Kier molecular flexibility index (Phi) is 7.25. The lowest BCUT2D eigenvalue weighted by Crippen LogP contribution is -2.18. The first kappa shape index (κ1) is 15.4. The molecule has 0 aliphatic heterocycles. The second kappa shape index (κ2) is 8.46. The third-order valence-corrected chi connectivity index (χ3v) is 3.51. The molecule has 0 aliphatic rings. The summed E-state index contributed by atoms with van der Waals surface area (Å²) in [7, 11) is 0. The van der Waals surface area contributed by atoms with Crippen LogP contribution < -0.4 is 5.32 Å². The fraction of sp³-hybridized carbons (Fsp3) is 0.200. The molecule has 1 unspecified atom stereocenters. The normalized spacial score (nSPS) is 11.6. The van der Waals surface area contributed by atoms with Crippen molar-refractivity contribution >= 4 is 32.9 Å². The molecule has 0 radical (unpaired) electrons. The summed E-state index contributed by atoms with van der Waals surface area (Å²) in [5, 5.41) is 3.45. The zero-order chi connectivity index (χ0) is 11.9. The molecule has 1 N–H and O–H groups in total. The third-order valence-electron chi connectivity index (χ3n) is 2.66. The van der Waals surface area contributed by atoms with Gasteiger partial charge in [-0.1, -0.05) is 76.6 Å². The Balaban J connectivity index is 0.00000162. The lowest BCUT2D eigenvalue weighted by Gasteiger charge is -2.11. The largest absolute Gasteiger partial charge is 0.311 e. The van der Waals surface area contributed by atoms with Gasteiger partial charge in [0.2, 0.25) is 0 Å². The molecule has 0 heterocycles. The maximum atomic E-state index is 3.70. The molecule has 0 fully saturated rings. The van der Waals surface area contributed by atoms with Gasteiger partial charge in [-0.05, 0) is 11.1 Å². The number of rotatable bonds is 5. The molecule has 2 aromatic carbocycles. The molecule has 18 heavy (non-hydrogen) atoms. The van der Waals surface area contributed by atoms with Crippen molar-refractivity contribution in [2.75, 3.05) is 6.54 Å². The highest BCUT2D eigenvalue weighted by molar-refractivity contribution is 9.09. The Morgan fingerprint density at radius 3 is 2.06 bits per heavy atom. The summed E-state index contributed by atoms with van der Waals surface area (Å²) >= 11 is 3.70. The van der Waals surface area contributed by atoms with Crippen molar-refractivity contribution in [1.29, 1.82) is 0 Å². The molecule has 2 rings (SSSR count). The lowest BCUT2D eigenvalue weighted by atomic mass is 10.1. The summed E-state index contributed by atoms with van der Waals surface area (Å²) in [6.45, 7) is 1.84. The average molecular weight is 371 g/mol. The van der Waals surface area contributed by atoms with E-state index < -0.39 is 0 Å². The molecule has 0 aliphatic carbocycles.